The zero-order valence-corrected chi connectivity index (χ0v) is 8.60. The van der Waals surface area contributed by atoms with Crippen LogP contribution in [-0.4, -0.2) is 36.6 Å². The molecule has 0 saturated carbocycles. The number of methoxy groups -OCH3 is 1. The molecule has 0 spiro atoms. The highest BCUT2D eigenvalue weighted by molar-refractivity contribution is 5.68. The summed E-state index contributed by atoms with van der Waals surface area (Å²) in [6.07, 6.45) is 0. The molecule has 0 aliphatic carbocycles. The van der Waals surface area contributed by atoms with Crippen molar-refractivity contribution in [1.82, 2.24) is 0 Å². The Morgan fingerprint density at radius 3 is 2.60 bits per heavy atom. The van der Waals surface area contributed by atoms with Crippen molar-refractivity contribution in [1.29, 1.82) is 0 Å². The Morgan fingerprint density at radius 1 is 1.40 bits per heavy atom. The van der Waals surface area contributed by atoms with Crippen molar-refractivity contribution in [2.45, 2.75) is 6.04 Å². The molecule has 0 bridgehead atoms. The van der Waals surface area contributed by atoms with Gasteiger partial charge in [0.15, 0.2) is 0 Å². The normalized spacial score (nSPS) is 10.4. The molecule has 5 N–H and O–H groups in total. The number of nitrogens with one attached hydrogen (secondary N) is 1. The number of rotatable bonds is 5. The first-order valence-corrected chi connectivity index (χ1v) is 4.63. The van der Waals surface area contributed by atoms with Crippen molar-refractivity contribution in [3.63, 3.8) is 0 Å². The maximum atomic E-state index is 8.91. The first kappa shape index (κ1) is 11.6. The number of hydrogen-bond donors (Lipinski definition) is 4. The van der Waals surface area contributed by atoms with Crippen LogP contribution in [0.2, 0.25) is 0 Å². The molecule has 0 atom stereocenters. The van der Waals surface area contributed by atoms with Crippen LogP contribution in [0.1, 0.15) is 0 Å². The molecule has 0 fully saturated rings. The maximum absolute atomic E-state index is 8.91. The van der Waals surface area contributed by atoms with Crippen LogP contribution in [0.4, 0.5) is 11.4 Å². The van der Waals surface area contributed by atoms with Crippen molar-refractivity contribution >= 4 is 11.4 Å². The first-order chi connectivity index (χ1) is 7.21. The monoisotopic (exact) mass is 212 g/mol. The summed E-state index contributed by atoms with van der Waals surface area (Å²) in [7, 11) is 1.56. The molecule has 0 heterocycles. The van der Waals surface area contributed by atoms with Crippen molar-refractivity contribution in [3.05, 3.63) is 18.2 Å². The van der Waals surface area contributed by atoms with E-state index in [4.69, 9.17) is 20.7 Å². The quantitative estimate of drug-likeness (QED) is 0.518. The highest BCUT2D eigenvalue weighted by atomic mass is 16.5. The van der Waals surface area contributed by atoms with Crippen LogP contribution < -0.4 is 15.8 Å². The van der Waals surface area contributed by atoms with Crippen molar-refractivity contribution in [2.24, 2.45) is 0 Å². The van der Waals surface area contributed by atoms with E-state index in [-0.39, 0.29) is 13.2 Å². The van der Waals surface area contributed by atoms with Gasteiger partial charge < -0.3 is 26.0 Å². The van der Waals surface area contributed by atoms with Crippen LogP contribution >= 0.6 is 0 Å². The Hall–Kier alpha value is -1.46. The molecule has 0 unspecified atom stereocenters. The third kappa shape index (κ3) is 3.00. The smallest absolute Gasteiger partial charge is 0.121 e. The fraction of sp³-hybridized carbons (Fsp3) is 0.400. The maximum Gasteiger partial charge on any atom is 0.121 e. The molecule has 1 aromatic rings. The van der Waals surface area contributed by atoms with Crippen LogP contribution in [0.3, 0.4) is 0 Å². The van der Waals surface area contributed by atoms with Gasteiger partial charge in [0.2, 0.25) is 0 Å². The van der Waals surface area contributed by atoms with Gasteiger partial charge in [0.25, 0.3) is 0 Å². The lowest BCUT2D eigenvalue weighted by Gasteiger charge is -2.17. The largest absolute Gasteiger partial charge is 0.497 e. The van der Waals surface area contributed by atoms with E-state index in [1.165, 1.54) is 0 Å². The number of nitrogen functional groups attached to an aromatic ring is 1. The fourth-order valence-electron chi connectivity index (χ4n) is 1.16. The van der Waals surface area contributed by atoms with Crippen LogP contribution in [-0.2, 0) is 0 Å². The number of aliphatic hydroxyl groups is 2. The topological polar surface area (TPSA) is 87.7 Å². The van der Waals surface area contributed by atoms with Gasteiger partial charge in [-0.1, -0.05) is 0 Å². The van der Waals surface area contributed by atoms with E-state index in [0.29, 0.717) is 17.1 Å². The number of ether oxygens (including phenoxy) is 1. The Balaban J connectivity index is 2.82. The predicted octanol–water partition coefficient (Wildman–Crippen LogP) is 0.0425. The lowest BCUT2D eigenvalue weighted by atomic mass is 10.2. The second kappa shape index (κ2) is 5.43. The van der Waals surface area contributed by atoms with Gasteiger partial charge >= 0.3 is 0 Å². The minimum absolute atomic E-state index is 0.160. The Labute approximate surface area is 88.5 Å². The molecule has 0 amide bonds. The van der Waals surface area contributed by atoms with Gasteiger partial charge in [-0.3, -0.25) is 0 Å². The SMILES string of the molecule is COc1ccc(N)c(NC(CO)CO)c1. The third-order valence-electron chi connectivity index (χ3n) is 2.06. The minimum atomic E-state index is -0.417. The van der Waals surface area contributed by atoms with E-state index in [1.807, 2.05) is 0 Å². The highest BCUT2D eigenvalue weighted by Crippen LogP contribution is 2.24. The Morgan fingerprint density at radius 2 is 2.07 bits per heavy atom. The van der Waals surface area contributed by atoms with Gasteiger partial charge in [-0.15, -0.1) is 0 Å². The van der Waals surface area contributed by atoms with Gasteiger partial charge in [-0.2, -0.15) is 0 Å². The second-order valence-corrected chi connectivity index (χ2v) is 3.16. The summed E-state index contributed by atoms with van der Waals surface area (Å²) in [5.74, 6) is 0.668. The molecular weight excluding hydrogens is 196 g/mol. The minimum Gasteiger partial charge on any atom is -0.497 e. The third-order valence-corrected chi connectivity index (χ3v) is 2.06. The molecule has 0 aromatic heterocycles. The summed E-state index contributed by atoms with van der Waals surface area (Å²) in [4.78, 5) is 0. The Kier molecular flexibility index (Phi) is 4.20. The van der Waals surface area contributed by atoms with Crippen molar-refractivity contribution in [3.8, 4) is 5.75 Å². The lowest BCUT2D eigenvalue weighted by Crippen LogP contribution is -2.28. The molecule has 5 heteroatoms. The molecule has 15 heavy (non-hydrogen) atoms. The lowest BCUT2D eigenvalue weighted by molar-refractivity contribution is 0.204. The van der Waals surface area contributed by atoms with Crippen molar-refractivity contribution < 1.29 is 14.9 Å². The van der Waals surface area contributed by atoms with Gasteiger partial charge in [0.1, 0.15) is 5.75 Å². The Bertz CT molecular complexity index is 314. The molecule has 0 saturated heterocycles. The van der Waals surface area contributed by atoms with Gasteiger partial charge in [-0.05, 0) is 12.1 Å². The summed E-state index contributed by atoms with van der Waals surface area (Å²) >= 11 is 0. The van der Waals surface area contributed by atoms with Gasteiger partial charge in [0, 0.05) is 6.07 Å². The first-order valence-electron chi connectivity index (χ1n) is 4.63. The number of aliphatic hydroxyl groups excluding tert-OH is 2. The van der Waals surface area contributed by atoms with Gasteiger partial charge in [-0.25, -0.2) is 0 Å². The number of anilines is 2. The zero-order chi connectivity index (χ0) is 11.3. The zero-order valence-electron chi connectivity index (χ0n) is 8.60. The number of nitrogens with two attached hydrogens (primary N) is 1. The van der Waals surface area contributed by atoms with Crippen LogP contribution in [0.15, 0.2) is 18.2 Å². The second-order valence-electron chi connectivity index (χ2n) is 3.16. The molecule has 0 aliphatic rings. The van der Waals surface area contributed by atoms with E-state index in [2.05, 4.69) is 5.32 Å². The van der Waals surface area contributed by atoms with E-state index < -0.39 is 6.04 Å². The van der Waals surface area contributed by atoms with Gasteiger partial charge in [0.05, 0.1) is 37.7 Å². The molecule has 84 valence electrons. The van der Waals surface area contributed by atoms with Crippen LogP contribution in [0.25, 0.3) is 0 Å². The summed E-state index contributed by atoms with van der Waals surface area (Å²) in [5.41, 5.74) is 6.91. The van der Waals surface area contributed by atoms with E-state index in [0.717, 1.165) is 0 Å². The fourth-order valence-corrected chi connectivity index (χ4v) is 1.16. The highest BCUT2D eigenvalue weighted by Gasteiger charge is 2.08. The predicted molar refractivity (Wildman–Crippen MR) is 59.0 cm³/mol. The summed E-state index contributed by atoms with van der Waals surface area (Å²) in [6, 6.07) is 4.74. The average molecular weight is 212 g/mol. The summed E-state index contributed by atoms with van der Waals surface area (Å²) in [6.45, 7) is -0.319. The standard InChI is InChI=1S/C10H16N2O3/c1-15-8-2-3-9(11)10(4-8)12-7(5-13)6-14/h2-4,7,12-14H,5-6,11H2,1H3. The van der Waals surface area contributed by atoms with Crippen LogP contribution in [0.5, 0.6) is 5.75 Å². The molecule has 0 radical (unpaired) electrons. The summed E-state index contributed by atoms with van der Waals surface area (Å²) in [5, 5.41) is 20.7. The average Bonchev–Trinajstić information content (AvgIpc) is 2.28. The number of hydrogen-bond acceptors (Lipinski definition) is 5. The van der Waals surface area contributed by atoms with Crippen molar-refractivity contribution in [2.75, 3.05) is 31.4 Å². The molecule has 5 nitrogen and oxygen atoms in total. The molecular formula is C10H16N2O3. The van der Waals surface area contributed by atoms with E-state index in [9.17, 15) is 0 Å². The number of benzene rings is 1. The molecule has 1 aromatic carbocycles. The van der Waals surface area contributed by atoms with Crippen LogP contribution in [0, 0.1) is 0 Å². The molecule has 0 aliphatic heterocycles. The van der Waals surface area contributed by atoms with E-state index in [1.54, 1.807) is 25.3 Å². The molecule has 1 rings (SSSR count). The van der Waals surface area contributed by atoms with E-state index >= 15 is 0 Å². The summed E-state index contributed by atoms with van der Waals surface area (Å²) < 4.78 is 5.04.